The molecule has 8 nitrogen and oxygen atoms in total. The van der Waals surface area contributed by atoms with Gasteiger partial charge in [-0.05, 0) is 19.4 Å². The van der Waals surface area contributed by atoms with Gasteiger partial charge in [0.15, 0.2) is 0 Å². The van der Waals surface area contributed by atoms with Gasteiger partial charge in [0.25, 0.3) is 0 Å². The van der Waals surface area contributed by atoms with Crippen LogP contribution in [0.25, 0.3) is 0 Å². The van der Waals surface area contributed by atoms with Crippen molar-refractivity contribution in [2.75, 3.05) is 6.26 Å². The van der Waals surface area contributed by atoms with E-state index in [4.69, 9.17) is 4.18 Å². The highest BCUT2D eigenvalue weighted by Crippen LogP contribution is 2.33. The minimum Gasteiger partial charge on any atom is -0.365 e. The molecule has 1 aromatic carbocycles. The van der Waals surface area contributed by atoms with E-state index in [1.807, 2.05) is 0 Å². The van der Waals surface area contributed by atoms with Gasteiger partial charge in [-0.1, -0.05) is 30.3 Å². The third kappa shape index (κ3) is 4.66. The van der Waals surface area contributed by atoms with E-state index >= 15 is 0 Å². The monoisotopic (exact) mass is 361 g/mol. The molecule has 1 aromatic rings. The normalized spacial score (nSPS) is 19.0. The van der Waals surface area contributed by atoms with Crippen LogP contribution in [0.1, 0.15) is 31.9 Å². The predicted molar refractivity (Wildman–Crippen MR) is 86.2 cm³/mol. The molecule has 1 aliphatic rings. The molecule has 0 saturated carbocycles. The highest BCUT2D eigenvalue weighted by molar-refractivity contribution is 7.87. The van der Waals surface area contributed by atoms with Gasteiger partial charge in [-0.2, -0.15) is 26.0 Å². The van der Waals surface area contributed by atoms with Crippen molar-refractivity contribution in [2.24, 2.45) is 5.10 Å². The molecular formula is C13H19N3O5S2. The van der Waals surface area contributed by atoms with Crippen molar-refractivity contribution >= 4 is 26.2 Å². The number of nitrogens with one attached hydrogen (secondary N) is 1. The number of hydrazone groups is 1. The maximum absolute atomic E-state index is 12.4. The van der Waals surface area contributed by atoms with Crippen molar-refractivity contribution in [1.82, 2.24) is 9.14 Å². The molecule has 128 valence electrons. The second-order valence-electron chi connectivity index (χ2n) is 5.46. The summed E-state index contributed by atoms with van der Waals surface area (Å²) >= 11 is 0. The Morgan fingerprint density at radius 2 is 1.83 bits per heavy atom. The standard InChI is InChI=1S/C13H19N3O5S2/c1-10(2)15-23(19,20)16-12(11-7-5-4-6-8-11)9-13(14-16)21-22(3,17)18/h4-8,10,12,15H,9H2,1-3H3. The fraction of sp³-hybridized carbons (Fsp3) is 0.462. The number of benzene rings is 1. The number of rotatable bonds is 5. The largest absolute Gasteiger partial charge is 0.365 e. The molecular weight excluding hydrogens is 342 g/mol. The summed E-state index contributed by atoms with van der Waals surface area (Å²) in [5.41, 5.74) is 0.692. The van der Waals surface area contributed by atoms with Gasteiger partial charge in [0.1, 0.15) is 0 Å². The predicted octanol–water partition coefficient (Wildman–Crippen LogP) is 0.966. The quantitative estimate of drug-likeness (QED) is 0.787. The van der Waals surface area contributed by atoms with E-state index in [1.54, 1.807) is 44.2 Å². The fourth-order valence-electron chi connectivity index (χ4n) is 2.18. The highest BCUT2D eigenvalue weighted by Gasteiger charge is 2.38. The van der Waals surface area contributed by atoms with E-state index in [9.17, 15) is 16.8 Å². The first-order valence-electron chi connectivity index (χ1n) is 6.92. The molecule has 1 aliphatic heterocycles. The maximum atomic E-state index is 12.4. The molecule has 2 rings (SSSR count). The van der Waals surface area contributed by atoms with Crippen molar-refractivity contribution in [3.63, 3.8) is 0 Å². The smallest absolute Gasteiger partial charge is 0.317 e. The Bertz CT molecular complexity index is 788. The zero-order chi connectivity index (χ0) is 17.3. The van der Waals surface area contributed by atoms with E-state index in [0.717, 1.165) is 10.7 Å². The molecule has 1 unspecified atom stereocenters. The van der Waals surface area contributed by atoms with Gasteiger partial charge >= 0.3 is 20.3 Å². The van der Waals surface area contributed by atoms with Crippen molar-refractivity contribution in [1.29, 1.82) is 0 Å². The van der Waals surface area contributed by atoms with E-state index in [0.29, 0.717) is 5.56 Å². The Morgan fingerprint density at radius 1 is 1.22 bits per heavy atom. The summed E-state index contributed by atoms with van der Waals surface area (Å²) in [4.78, 5) is 0. The van der Waals surface area contributed by atoms with Crippen LogP contribution in [0, 0.1) is 0 Å². The van der Waals surface area contributed by atoms with Gasteiger partial charge in [0, 0.05) is 6.04 Å². The van der Waals surface area contributed by atoms with Crippen LogP contribution in [0.15, 0.2) is 35.4 Å². The zero-order valence-electron chi connectivity index (χ0n) is 13.0. The number of hydrogen-bond donors (Lipinski definition) is 1. The molecule has 23 heavy (non-hydrogen) atoms. The summed E-state index contributed by atoms with van der Waals surface area (Å²) in [6.07, 6.45) is 0.923. The molecule has 0 amide bonds. The van der Waals surface area contributed by atoms with Crippen molar-refractivity contribution in [2.45, 2.75) is 32.4 Å². The minimum atomic E-state index is -3.92. The Balaban J connectivity index is 2.39. The molecule has 10 heteroatoms. The first kappa shape index (κ1) is 17.7. The van der Waals surface area contributed by atoms with E-state index < -0.39 is 26.4 Å². The van der Waals surface area contributed by atoms with Crippen LogP contribution < -0.4 is 4.72 Å². The molecule has 1 heterocycles. The lowest BCUT2D eigenvalue weighted by atomic mass is 10.1. The summed E-state index contributed by atoms with van der Waals surface area (Å²) < 4.78 is 55.5. The average Bonchev–Trinajstić information content (AvgIpc) is 2.81. The Morgan fingerprint density at radius 3 is 2.35 bits per heavy atom. The van der Waals surface area contributed by atoms with Crippen molar-refractivity contribution < 1.29 is 21.0 Å². The van der Waals surface area contributed by atoms with Crippen LogP contribution in [0.4, 0.5) is 0 Å². The Labute approximate surface area is 136 Å². The van der Waals surface area contributed by atoms with Gasteiger partial charge in [0.05, 0.1) is 18.7 Å². The summed E-state index contributed by atoms with van der Waals surface area (Å²) in [5, 5.41) is 3.85. The lowest BCUT2D eigenvalue weighted by Gasteiger charge is -2.24. The molecule has 0 aliphatic carbocycles. The van der Waals surface area contributed by atoms with Gasteiger partial charge in [-0.15, -0.1) is 5.10 Å². The molecule has 1 atom stereocenters. The van der Waals surface area contributed by atoms with Gasteiger partial charge in [-0.3, -0.25) is 0 Å². The number of nitrogens with zero attached hydrogens (tertiary/aromatic N) is 2. The lowest BCUT2D eigenvalue weighted by molar-refractivity contribution is 0.362. The molecule has 0 aromatic heterocycles. The zero-order valence-corrected chi connectivity index (χ0v) is 14.6. The number of hydrogen-bond acceptors (Lipinski definition) is 6. The second kappa shape index (κ2) is 6.46. The minimum absolute atomic E-state index is 0.0378. The summed E-state index contributed by atoms with van der Waals surface area (Å²) in [5.74, 6) is -0.157. The van der Waals surface area contributed by atoms with Gasteiger partial charge in [0.2, 0.25) is 5.90 Å². The summed E-state index contributed by atoms with van der Waals surface area (Å²) in [6, 6.07) is 7.86. The fourth-order valence-corrected chi connectivity index (χ4v) is 4.07. The van der Waals surface area contributed by atoms with E-state index in [-0.39, 0.29) is 18.4 Å². The maximum Gasteiger partial charge on any atom is 0.317 e. The SMILES string of the molecule is CC(C)NS(=O)(=O)N1N=C(OS(C)(=O)=O)CC1c1ccccc1. The van der Waals surface area contributed by atoms with Crippen LogP contribution in [-0.4, -0.2) is 39.4 Å². The molecule has 1 N–H and O–H groups in total. The molecule has 0 fully saturated rings. The molecule has 0 spiro atoms. The van der Waals surface area contributed by atoms with Crippen LogP contribution in [0.5, 0.6) is 0 Å². The van der Waals surface area contributed by atoms with Crippen LogP contribution in [0.3, 0.4) is 0 Å². The van der Waals surface area contributed by atoms with E-state index in [1.165, 1.54) is 0 Å². The lowest BCUT2D eigenvalue weighted by Crippen LogP contribution is -2.41. The van der Waals surface area contributed by atoms with Crippen molar-refractivity contribution in [3.05, 3.63) is 35.9 Å². The van der Waals surface area contributed by atoms with Crippen LogP contribution >= 0.6 is 0 Å². The topological polar surface area (TPSA) is 105 Å². The first-order chi connectivity index (χ1) is 10.6. The van der Waals surface area contributed by atoms with Gasteiger partial charge < -0.3 is 4.18 Å². The highest BCUT2D eigenvalue weighted by atomic mass is 32.2. The summed E-state index contributed by atoms with van der Waals surface area (Å²) in [6.45, 7) is 3.37. The summed E-state index contributed by atoms with van der Waals surface area (Å²) in [7, 11) is -7.70. The van der Waals surface area contributed by atoms with Crippen molar-refractivity contribution in [3.8, 4) is 0 Å². The third-order valence-corrected chi connectivity index (χ3v) is 5.00. The average molecular weight is 361 g/mol. The molecule has 0 bridgehead atoms. The van der Waals surface area contributed by atoms with Crippen LogP contribution in [-0.2, 0) is 24.5 Å². The Hall–Kier alpha value is -1.65. The third-order valence-electron chi connectivity index (χ3n) is 2.91. The first-order valence-corrected chi connectivity index (χ1v) is 10.2. The molecule has 0 radical (unpaired) electrons. The Kier molecular flexibility index (Phi) is 4.97. The molecule has 0 saturated heterocycles. The van der Waals surface area contributed by atoms with E-state index in [2.05, 4.69) is 9.82 Å². The second-order valence-corrected chi connectivity index (χ2v) is 8.60. The van der Waals surface area contributed by atoms with Gasteiger partial charge in [-0.25, -0.2) is 0 Å². The van der Waals surface area contributed by atoms with Crippen LogP contribution in [0.2, 0.25) is 0 Å².